The zero-order valence-corrected chi connectivity index (χ0v) is 9.81. The molecule has 74 valence electrons. The van der Waals surface area contributed by atoms with Crippen molar-refractivity contribution in [1.29, 1.82) is 0 Å². The van der Waals surface area contributed by atoms with Crippen LogP contribution in [0.3, 0.4) is 0 Å². The summed E-state index contributed by atoms with van der Waals surface area (Å²) in [7, 11) is -3.14. The Kier molecular flexibility index (Phi) is 2.16. The molecule has 0 saturated heterocycles. The van der Waals surface area contributed by atoms with Crippen LogP contribution in [-0.4, -0.2) is 19.7 Å². The summed E-state index contributed by atoms with van der Waals surface area (Å²) in [5, 5.41) is 0.889. The number of aromatic amines is 1. The highest BCUT2D eigenvalue weighted by Gasteiger charge is 2.10. The van der Waals surface area contributed by atoms with Crippen LogP contribution in [0.25, 0.3) is 10.9 Å². The maximum atomic E-state index is 11.3. The van der Waals surface area contributed by atoms with Crippen molar-refractivity contribution in [2.24, 2.45) is 0 Å². The molecule has 0 saturated carbocycles. The van der Waals surface area contributed by atoms with Gasteiger partial charge in [-0.3, -0.25) is 0 Å². The van der Waals surface area contributed by atoms with Crippen molar-refractivity contribution in [2.75, 3.05) is 6.26 Å². The van der Waals surface area contributed by atoms with E-state index in [0.29, 0.717) is 4.90 Å². The van der Waals surface area contributed by atoms with Gasteiger partial charge in [-0.2, -0.15) is 0 Å². The van der Waals surface area contributed by atoms with E-state index in [-0.39, 0.29) is 0 Å². The highest BCUT2D eigenvalue weighted by atomic mass is 79.9. The summed E-state index contributed by atoms with van der Waals surface area (Å²) in [6.07, 6.45) is 2.98. The molecule has 0 bridgehead atoms. The van der Waals surface area contributed by atoms with E-state index in [1.54, 1.807) is 18.3 Å². The molecule has 0 aliphatic rings. The van der Waals surface area contributed by atoms with E-state index in [1.165, 1.54) is 6.26 Å². The third kappa shape index (κ3) is 1.57. The second kappa shape index (κ2) is 3.10. The third-order valence-corrected chi connectivity index (χ3v) is 3.73. The van der Waals surface area contributed by atoms with E-state index in [0.717, 1.165) is 15.4 Å². The minimum absolute atomic E-state index is 0.330. The highest BCUT2D eigenvalue weighted by molar-refractivity contribution is 9.10. The Morgan fingerprint density at radius 3 is 2.71 bits per heavy atom. The van der Waals surface area contributed by atoms with Gasteiger partial charge in [-0.1, -0.05) is 0 Å². The molecule has 1 heterocycles. The number of benzene rings is 1. The van der Waals surface area contributed by atoms with Gasteiger partial charge in [-0.25, -0.2) is 8.42 Å². The zero-order chi connectivity index (χ0) is 10.3. The molecule has 0 spiro atoms. The average Bonchev–Trinajstić information content (AvgIpc) is 2.50. The van der Waals surface area contributed by atoms with Crippen molar-refractivity contribution in [1.82, 2.24) is 4.98 Å². The first-order valence-corrected chi connectivity index (χ1v) is 6.63. The number of aromatic nitrogens is 1. The van der Waals surface area contributed by atoms with Crippen molar-refractivity contribution in [2.45, 2.75) is 4.90 Å². The number of nitrogens with one attached hydrogen (secondary N) is 1. The fourth-order valence-corrected chi connectivity index (χ4v) is 2.73. The third-order valence-electron chi connectivity index (χ3n) is 2.01. The number of hydrogen-bond donors (Lipinski definition) is 1. The van der Waals surface area contributed by atoms with E-state index >= 15 is 0 Å². The van der Waals surface area contributed by atoms with Crippen LogP contribution < -0.4 is 0 Å². The molecule has 3 nitrogen and oxygen atoms in total. The van der Waals surface area contributed by atoms with Crippen molar-refractivity contribution in [3.8, 4) is 0 Å². The molecule has 2 aromatic rings. The fourth-order valence-electron chi connectivity index (χ4n) is 1.31. The molecule has 1 N–H and O–H groups in total. The van der Waals surface area contributed by atoms with Gasteiger partial charge in [0.05, 0.1) is 10.4 Å². The number of rotatable bonds is 1. The lowest BCUT2D eigenvalue weighted by atomic mass is 10.2. The number of halogens is 1. The van der Waals surface area contributed by atoms with Crippen molar-refractivity contribution in [3.05, 3.63) is 28.9 Å². The molecule has 0 fully saturated rings. The molecule has 5 heteroatoms. The van der Waals surface area contributed by atoms with Crippen LogP contribution in [-0.2, 0) is 9.84 Å². The summed E-state index contributed by atoms with van der Waals surface area (Å²) in [6, 6.07) is 5.11. The lowest BCUT2D eigenvalue weighted by Gasteiger charge is -2.00. The maximum absolute atomic E-state index is 11.3. The normalized spacial score (nSPS) is 12.1. The number of hydrogen-bond acceptors (Lipinski definition) is 2. The SMILES string of the molecule is CS(=O)(=O)c1cc(Br)c2[nH]ccc2c1. The molecule has 0 aliphatic carbocycles. The maximum Gasteiger partial charge on any atom is 0.175 e. The summed E-state index contributed by atoms with van der Waals surface area (Å²) in [5.41, 5.74) is 0.914. The average molecular weight is 274 g/mol. The van der Waals surface area contributed by atoms with Crippen LogP contribution in [0.2, 0.25) is 0 Å². The predicted molar refractivity (Wildman–Crippen MR) is 59.1 cm³/mol. The van der Waals surface area contributed by atoms with Gasteiger partial charge in [-0.05, 0) is 34.1 Å². The first-order chi connectivity index (χ1) is 6.48. The number of sulfone groups is 1. The van der Waals surface area contributed by atoms with Gasteiger partial charge in [0.25, 0.3) is 0 Å². The standard InChI is InChI=1S/C9H8BrNO2S/c1-14(12,13)7-4-6-2-3-11-9(6)8(10)5-7/h2-5,11H,1H3. The van der Waals surface area contributed by atoms with Gasteiger partial charge in [0.1, 0.15) is 0 Å². The molecule has 0 aliphatic heterocycles. The second-order valence-corrected chi connectivity index (χ2v) is 5.99. The molecule has 14 heavy (non-hydrogen) atoms. The van der Waals surface area contributed by atoms with Gasteiger partial charge in [0.15, 0.2) is 9.84 Å². The molecular weight excluding hydrogens is 266 g/mol. The van der Waals surface area contributed by atoms with Crippen molar-refractivity contribution < 1.29 is 8.42 Å². The molecule has 0 unspecified atom stereocenters. The molecule has 1 aromatic heterocycles. The highest BCUT2D eigenvalue weighted by Crippen LogP contribution is 2.26. The summed E-state index contributed by atoms with van der Waals surface area (Å²) < 4.78 is 23.4. The first kappa shape index (κ1) is 9.73. The Morgan fingerprint density at radius 1 is 1.36 bits per heavy atom. The van der Waals surface area contributed by atoms with Crippen LogP contribution >= 0.6 is 15.9 Å². The molecule has 2 rings (SSSR count). The Balaban J connectivity index is 2.83. The van der Waals surface area contributed by atoms with E-state index in [2.05, 4.69) is 20.9 Å². The van der Waals surface area contributed by atoms with Crippen molar-refractivity contribution in [3.63, 3.8) is 0 Å². The Labute approximate surface area is 90.2 Å². The minimum atomic E-state index is -3.14. The Hall–Kier alpha value is -0.810. The Bertz CT molecular complexity index is 586. The van der Waals surface area contributed by atoms with Crippen LogP contribution in [0, 0.1) is 0 Å². The lowest BCUT2D eigenvalue weighted by Crippen LogP contribution is -1.96. The number of H-pyrrole nitrogens is 1. The van der Waals surface area contributed by atoms with Gasteiger partial charge in [-0.15, -0.1) is 0 Å². The zero-order valence-electron chi connectivity index (χ0n) is 7.41. The summed E-state index contributed by atoms with van der Waals surface area (Å²) in [5.74, 6) is 0. The van der Waals surface area contributed by atoms with Gasteiger partial charge < -0.3 is 4.98 Å². The van der Waals surface area contributed by atoms with Gasteiger partial charge in [0.2, 0.25) is 0 Å². The van der Waals surface area contributed by atoms with Gasteiger partial charge in [0, 0.05) is 22.3 Å². The van der Waals surface area contributed by atoms with Gasteiger partial charge >= 0.3 is 0 Å². The topological polar surface area (TPSA) is 49.9 Å². The van der Waals surface area contributed by atoms with Crippen molar-refractivity contribution >= 4 is 36.7 Å². The summed E-state index contributed by atoms with van der Waals surface area (Å²) in [4.78, 5) is 3.35. The fraction of sp³-hybridized carbons (Fsp3) is 0.111. The molecule has 0 radical (unpaired) electrons. The molecule has 0 amide bonds. The smallest absolute Gasteiger partial charge is 0.175 e. The van der Waals surface area contributed by atoms with Crippen LogP contribution in [0.4, 0.5) is 0 Å². The first-order valence-electron chi connectivity index (χ1n) is 3.95. The van der Waals surface area contributed by atoms with E-state index in [9.17, 15) is 8.42 Å². The van der Waals surface area contributed by atoms with Crippen LogP contribution in [0.5, 0.6) is 0 Å². The van der Waals surface area contributed by atoms with E-state index in [4.69, 9.17) is 0 Å². The summed E-state index contributed by atoms with van der Waals surface area (Å²) in [6.45, 7) is 0. The van der Waals surface area contributed by atoms with Crippen LogP contribution in [0.1, 0.15) is 0 Å². The predicted octanol–water partition coefficient (Wildman–Crippen LogP) is 2.33. The minimum Gasteiger partial charge on any atom is -0.360 e. The largest absolute Gasteiger partial charge is 0.360 e. The van der Waals surface area contributed by atoms with Crippen LogP contribution in [0.15, 0.2) is 33.8 Å². The second-order valence-electron chi connectivity index (χ2n) is 3.12. The quantitative estimate of drug-likeness (QED) is 0.867. The molecular formula is C9H8BrNO2S. The lowest BCUT2D eigenvalue weighted by molar-refractivity contribution is 0.602. The van der Waals surface area contributed by atoms with E-state index in [1.807, 2.05) is 6.07 Å². The monoisotopic (exact) mass is 273 g/mol. The Morgan fingerprint density at radius 2 is 2.07 bits per heavy atom. The summed E-state index contributed by atoms with van der Waals surface area (Å²) >= 11 is 3.32. The molecule has 1 aromatic carbocycles. The van der Waals surface area contributed by atoms with E-state index < -0.39 is 9.84 Å². The molecule has 0 atom stereocenters. The number of fused-ring (bicyclic) bond motifs is 1.